The molecule has 0 aromatic heterocycles. The minimum Gasteiger partial charge on any atom is -0.494 e. The number of carbonyl (C=O) groups excluding carboxylic acids is 1. The van der Waals surface area contributed by atoms with Crippen LogP contribution in [0.5, 0.6) is 5.75 Å². The van der Waals surface area contributed by atoms with E-state index in [2.05, 4.69) is 22.3 Å². The fourth-order valence-electron chi connectivity index (χ4n) is 3.35. The average molecular weight is 447 g/mol. The van der Waals surface area contributed by atoms with Gasteiger partial charge in [-0.1, -0.05) is 24.3 Å². The van der Waals surface area contributed by atoms with Gasteiger partial charge in [-0.3, -0.25) is 9.69 Å². The van der Waals surface area contributed by atoms with Crippen molar-refractivity contribution in [2.45, 2.75) is 30.8 Å². The van der Waals surface area contributed by atoms with Crippen LogP contribution in [0.1, 0.15) is 24.0 Å². The molecule has 1 fully saturated rings. The predicted molar refractivity (Wildman–Crippen MR) is 119 cm³/mol. The minimum absolute atomic E-state index is 0.0189. The van der Waals surface area contributed by atoms with E-state index in [1.807, 2.05) is 12.1 Å². The number of benzene rings is 2. The van der Waals surface area contributed by atoms with Crippen LogP contribution >= 0.6 is 0 Å². The number of amides is 1. The highest BCUT2D eigenvalue weighted by Crippen LogP contribution is 2.16. The third-order valence-corrected chi connectivity index (χ3v) is 6.19. The molecular formula is C23H30N2O5S. The molecule has 31 heavy (non-hydrogen) atoms. The van der Waals surface area contributed by atoms with E-state index in [1.165, 1.54) is 24.0 Å². The molecule has 1 N–H and O–H groups in total. The molecule has 3 rings (SSSR count). The number of hydrogen-bond acceptors (Lipinski definition) is 6. The lowest BCUT2D eigenvalue weighted by molar-refractivity contribution is -0.121. The molecular weight excluding hydrogens is 416 g/mol. The number of nitrogens with one attached hydrogen (secondary N) is 1. The minimum atomic E-state index is -3.21. The largest absolute Gasteiger partial charge is 0.494 e. The smallest absolute Gasteiger partial charge is 0.220 e. The van der Waals surface area contributed by atoms with E-state index >= 15 is 0 Å². The quantitative estimate of drug-likeness (QED) is 0.564. The van der Waals surface area contributed by atoms with Gasteiger partial charge >= 0.3 is 0 Å². The van der Waals surface area contributed by atoms with Gasteiger partial charge in [0.1, 0.15) is 5.75 Å². The predicted octanol–water partition coefficient (Wildman–Crippen LogP) is 2.40. The standard InChI is InChI=1S/C23H30N2O5S/c1-31(27,28)22-9-7-21(8-10-22)30-13-3-6-23(26)24-17-19-4-2-5-20(16-19)18-25-11-14-29-15-12-25/h2,4-5,7-10,16H,3,6,11-15,17-18H2,1H3,(H,24,26). The van der Waals surface area contributed by atoms with Gasteiger partial charge in [0.15, 0.2) is 9.84 Å². The van der Waals surface area contributed by atoms with Crippen molar-refractivity contribution in [3.8, 4) is 5.75 Å². The van der Waals surface area contributed by atoms with Crippen LogP contribution < -0.4 is 10.1 Å². The molecule has 7 nitrogen and oxygen atoms in total. The first kappa shape index (κ1) is 23.2. The Morgan fingerprint density at radius 3 is 2.52 bits per heavy atom. The highest BCUT2D eigenvalue weighted by atomic mass is 32.2. The van der Waals surface area contributed by atoms with E-state index in [0.717, 1.165) is 38.4 Å². The van der Waals surface area contributed by atoms with Crippen LogP contribution in [0.25, 0.3) is 0 Å². The van der Waals surface area contributed by atoms with E-state index < -0.39 is 9.84 Å². The molecule has 0 saturated carbocycles. The molecule has 1 amide bonds. The molecule has 0 aliphatic carbocycles. The molecule has 0 bridgehead atoms. The van der Waals surface area contributed by atoms with E-state index in [-0.39, 0.29) is 10.8 Å². The molecule has 0 radical (unpaired) electrons. The maximum absolute atomic E-state index is 12.1. The molecule has 0 spiro atoms. The molecule has 1 heterocycles. The van der Waals surface area contributed by atoms with Gasteiger partial charge in [-0.2, -0.15) is 0 Å². The second-order valence-corrected chi connectivity index (χ2v) is 9.70. The topological polar surface area (TPSA) is 84.9 Å². The van der Waals surface area contributed by atoms with Crippen LogP contribution in [-0.2, 0) is 32.5 Å². The van der Waals surface area contributed by atoms with E-state index in [4.69, 9.17) is 9.47 Å². The number of morpholine rings is 1. The monoisotopic (exact) mass is 446 g/mol. The maximum atomic E-state index is 12.1. The third kappa shape index (κ3) is 7.97. The van der Waals surface area contributed by atoms with Crippen LogP contribution in [0.4, 0.5) is 0 Å². The van der Waals surface area contributed by atoms with Crippen LogP contribution in [0.3, 0.4) is 0 Å². The van der Waals surface area contributed by atoms with Crippen molar-refractivity contribution in [1.82, 2.24) is 10.2 Å². The van der Waals surface area contributed by atoms with Crippen molar-refractivity contribution in [3.05, 3.63) is 59.7 Å². The summed E-state index contributed by atoms with van der Waals surface area (Å²) < 4.78 is 33.9. The van der Waals surface area contributed by atoms with Crippen molar-refractivity contribution in [2.75, 3.05) is 39.2 Å². The van der Waals surface area contributed by atoms with Crippen molar-refractivity contribution in [2.24, 2.45) is 0 Å². The first-order chi connectivity index (χ1) is 14.9. The lowest BCUT2D eigenvalue weighted by Gasteiger charge is -2.26. The molecule has 8 heteroatoms. The first-order valence-electron chi connectivity index (χ1n) is 10.5. The number of sulfone groups is 1. The van der Waals surface area contributed by atoms with Gasteiger partial charge in [0, 0.05) is 38.9 Å². The Balaban J connectivity index is 1.35. The molecule has 168 valence electrons. The Hall–Kier alpha value is -2.42. The van der Waals surface area contributed by atoms with Crippen molar-refractivity contribution in [3.63, 3.8) is 0 Å². The van der Waals surface area contributed by atoms with Crippen LogP contribution in [0.2, 0.25) is 0 Å². The number of rotatable bonds is 10. The van der Waals surface area contributed by atoms with Crippen LogP contribution in [0.15, 0.2) is 53.4 Å². The lowest BCUT2D eigenvalue weighted by atomic mass is 10.1. The number of hydrogen-bond donors (Lipinski definition) is 1. The van der Waals surface area contributed by atoms with Crippen molar-refractivity contribution < 1.29 is 22.7 Å². The highest BCUT2D eigenvalue weighted by Gasteiger charge is 2.11. The zero-order valence-electron chi connectivity index (χ0n) is 17.9. The summed E-state index contributed by atoms with van der Waals surface area (Å²) in [4.78, 5) is 14.8. The number of ether oxygens (including phenoxy) is 2. The molecule has 2 aromatic rings. The second kappa shape index (κ2) is 11.3. The summed E-state index contributed by atoms with van der Waals surface area (Å²) in [6.45, 7) is 5.25. The molecule has 1 aliphatic heterocycles. The second-order valence-electron chi connectivity index (χ2n) is 7.68. The zero-order valence-corrected chi connectivity index (χ0v) is 18.7. The maximum Gasteiger partial charge on any atom is 0.220 e. The highest BCUT2D eigenvalue weighted by molar-refractivity contribution is 7.90. The first-order valence-corrected chi connectivity index (χ1v) is 12.4. The fraction of sp³-hybridized carbons (Fsp3) is 0.435. The van der Waals surface area contributed by atoms with Gasteiger partial charge in [-0.15, -0.1) is 0 Å². The molecule has 1 aliphatic rings. The summed E-state index contributed by atoms with van der Waals surface area (Å²) in [5.41, 5.74) is 2.32. The van der Waals surface area contributed by atoms with Gasteiger partial charge in [-0.25, -0.2) is 8.42 Å². The zero-order chi connectivity index (χ0) is 22.1. The number of carbonyl (C=O) groups is 1. The van der Waals surface area contributed by atoms with E-state index in [0.29, 0.717) is 31.7 Å². The number of nitrogens with zero attached hydrogens (tertiary/aromatic N) is 1. The Labute approximate surface area is 184 Å². The molecule has 0 atom stereocenters. The van der Waals surface area contributed by atoms with E-state index in [1.54, 1.807) is 12.1 Å². The Morgan fingerprint density at radius 1 is 1.10 bits per heavy atom. The normalized spacial score (nSPS) is 14.9. The van der Waals surface area contributed by atoms with Crippen molar-refractivity contribution >= 4 is 15.7 Å². The summed E-state index contributed by atoms with van der Waals surface area (Å²) in [5.74, 6) is 0.569. The van der Waals surface area contributed by atoms with Crippen LogP contribution in [-0.4, -0.2) is 58.4 Å². The molecule has 2 aromatic carbocycles. The Kier molecular flexibility index (Phi) is 8.45. The summed E-state index contributed by atoms with van der Waals surface area (Å²) in [6.07, 6.45) is 2.12. The third-order valence-electron chi connectivity index (χ3n) is 5.06. The molecule has 0 unspecified atom stereocenters. The average Bonchev–Trinajstić information content (AvgIpc) is 2.76. The van der Waals surface area contributed by atoms with Crippen molar-refractivity contribution in [1.29, 1.82) is 0 Å². The summed E-state index contributed by atoms with van der Waals surface area (Å²) in [6, 6.07) is 14.6. The van der Waals surface area contributed by atoms with Gasteiger partial charge in [0.05, 0.1) is 24.7 Å². The fourth-order valence-corrected chi connectivity index (χ4v) is 3.98. The lowest BCUT2D eigenvalue weighted by Crippen LogP contribution is -2.35. The Morgan fingerprint density at radius 2 is 1.81 bits per heavy atom. The summed E-state index contributed by atoms with van der Waals surface area (Å²) in [7, 11) is -3.21. The summed E-state index contributed by atoms with van der Waals surface area (Å²) in [5, 5.41) is 2.96. The van der Waals surface area contributed by atoms with Gasteiger partial charge < -0.3 is 14.8 Å². The summed E-state index contributed by atoms with van der Waals surface area (Å²) >= 11 is 0. The Bertz CT molecular complexity index is 954. The van der Waals surface area contributed by atoms with Gasteiger partial charge in [-0.05, 0) is 41.8 Å². The van der Waals surface area contributed by atoms with Crippen LogP contribution in [0, 0.1) is 0 Å². The van der Waals surface area contributed by atoms with Gasteiger partial charge in [0.25, 0.3) is 0 Å². The van der Waals surface area contributed by atoms with E-state index in [9.17, 15) is 13.2 Å². The SMILES string of the molecule is CS(=O)(=O)c1ccc(OCCCC(=O)NCc2cccc(CN3CCOCC3)c2)cc1. The van der Waals surface area contributed by atoms with Gasteiger partial charge in [0.2, 0.25) is 5.91 Å². The molecule has 1 saturated heterocycles.